The number of piperidine rings is 1. The normalized spacial score (nSPS) is 18.2. The maximum atomic E-state index is 13.8. The number of rotatable bonds is 10. The number of allylic oxidation sites excluding steroid dienone is 2. The van der Waals surface area contributed by atoms with Gasteiger partial charge in [0.2, 0.25) is 0 Å². The molecule has 0 aliphatic carbocycles. The summed E-state index contributed by atoms with van der Waals surface area (Å²) in [6.45, 7) is 7.88. The third-order valence-corrected chi connectivity index (χ3v) is 8.94. The van der Waals surface area contributed by atoms with Crippen LogP contribution in [-0.4, -0.2) is 67.4 Å². The Kier molecular flexibility index (Phi) is 11.0. The second kappa shape index (κ2) is 14.5. The molecule has 0 spiro atoms. The zero-order valence-corrected chi connectivity index (χ0v) is 26.1. The van der Waals surface area contributed by atoms with Crippen molar-refractivity contribution < 1.29 is 33.3 Å². The molecule has 4 rings (SSSR count). The Morgan fingerprint density at radius 3 is 2.19 bits per heavy atom. The van der Waals surface area contributed by atoms with Gasteiger partial charge in [0.1, 0.15) is 12.4 Å². The van der Waals surface area contributed by atoms with Crippen molar-refractivity contribution in [3.8, 4) is 0 Å². The molecule has 0 saturated carbocycles. The van der Waals surface area contributed by atoms with Gasteiger partial charge in [-0.3, -0.25) is 14.6 Å². The molecule has 1 atom stereocenters. The molecule has 8 nitrogen and oxygen atoms in total. The summed E-state index contributed by atoms with van der Waals surface area (Å²) >= 11 is 13.0. The SMILES string of the molecule is CCN1C(C)=C(C(=O)OCCN2CCC(C(=O)c3ccc(F)cc3)CC2)C(c2cccc(Cl)c2Cl)C(C(=O)OOC)=C1C. The number of Topliss-reactive ketones (excluding diaryl/α,β-unsaturated/α-hetero) is 1. The van der Waals surface area contributed by atoms with E-state index in [1.54, 1.807) is 32.0 Å². The summed E-state index contributed by atoms with van der Waals surface area (Å²) in [5.41, 5.74) is 2.64. The summed E-state index contributed by atoms with van der Waals surface area (Å²) in [6, 6.07) is 10.7. The van der Waals surface area contributed by atoms with Crippen LogP contribution in [0.4, 0.5) is 4.39 Å². The van der Waals surface area contributed by atoms with E-state index >= 15 is 0 Å². The van der Waals surface area contributed by atoms with Gasteiger partial charge in [-0.1, -0.05) is 35.3 Å². The number of likely N-dealkylation sites (tertiary alicyclic amines) is 1. The minimum Gasteiger partial charge on any atom is -0.461 e. The molecule has 2 aliphatic heterocycles. The summed E-state index contributed by atoms with van der Waals surface area (Å²) < 4.78 is 19.0. The van der Waals surface area contributed by atoms with Crippen molar-refractivity contribution in [2.24, 2.45) is 5.92 Å². The van der Waals surface area contributed by atoms with Crippen LogP contribution < -0.4 is 0 Å². The number of benzene rings is 2. The smallest absolute Gasteiger partial charge is 0.371 e. The molecule has 1 unspecified atom stereocenters. The van der Waals surface area contributed by atoms with Crippen molar-refractivity contribution >= 4 is 40.9 Å². The molecule has 2 aliphatic rings. The van der Waals surface area contributed by atoms with E-state index in [1.807, 2.05) is 11.8 Å². The largest absolute Gasteiger partial charge is 0.461 e. The molecule has 43 heavy (non-hydrogen) atoms. The molecule has 0 amide bonds. The first-order valence-corrected chi connectivity index (χ1v) is 14.9. The van der Waals surface area contributed by atoms with Gasteiger partial charge in [-0.25, -0.2) is 14.0 Å². The number of esters is 1. The highest BCUT2D eigenvalue weighted by atomic mass is 35.5. The highest BCUT2D eigenvalue weighted by Crippen LogP contribution is 2.46. The lowest BCUT2D eigenvalue weighted by atomic mass is 9.79. The number of nitrogens with zero attached hydrogens (tertiary/aromatic N) is 2. The number of carbonyl (C=O) groups is 3. The van der Waals surface area contributed by atoms with E-state index in [2.05, 4.69) is 9.79 Å². The molecular formula is C32H35Cl2FN2O6. The number of ether oxygens (including phenoxy) is 1. The topological polar surface area (TPSA) is 85.4 Å². The van der Waals surface area contributed by atoms with E-state index in [0.717, 1.165) is 0 Å². The summed E-state index contributed by atoms with van der Waals surface area (Å²) in [4.78, 5) is 53.4. The van der Waals surface area contributed by atoms with Crippen LogP contribution in [0.3, 0.4) is 0 Å². The number of carbonyl (C=O) groups excluding carboxylic acids is 3. The highest BCUT2D eigenvalue weighted by molar-refractivity contribution is 6.42. The first kappa shape index (κ1) is 32.7. The van der Waals surface area contributed by atoms with Gasteiger partial charge in [0.15, 0.2) is 5.78 Å². The number of hydrogen-bond acceptors (Lipinski definition) is 8. The Hall–Kier alpha value is -3.24. The maximum Gasteiger partial charge on any atom is 0.371 e. The van der Waals surface area contributed by atoms with Crippen LogP contribution in [0.5, 0.6) is 0 Å². The quantitative estimate of drug-likeness (QED) is 0.130. The number of ketones is 1. The summed E-state index contributed by atoms with van der Waals surface area (Å²) in [7, 11) is 1.23. The van der Waals surface area contributed by atoms with E-state index < -0.39 is 17.9 Å². The zero-order chi connectivity index (χ0) is 31.3. The van der Waals surface area contributed by atoms with Gasteiger partial charge in [0, 0.05) is 36.0 Å². The fourth-order valence-electron chi connectivity index (χ4n) is 5.90. The number of hydrogen-bond donors (Lipinski definition) is 0. The fraction of sp³-hybridized carbons (Fsp3) is 0.406. The number of halogens is 3. The second-order valence-corrected chi connectivity index (χ2v) is 11.3. The molecule has 0 radical (unpaired) electrons. The maximum absolute atomic E-state index is 13.8. The van der Waals surface area contributed by atoms with Gasteiger partial charge in [-0.15, -0.1) is 0 Å². The van der Waals surface area contributed by atoms with Crippen LogP contribution in [-0.2, 0) is 24.1 Å². The fourth-order valence-corrected chi connectivity index (χ4v) is 6.32. The Labute approximate surface area is 260 Å². The van der Waals surface area contributed by atoms with E-state index in [9.17, 15) is 18.8 Å². The van der Waals surface area contributed by atoms with Crippen LogP contribution in [0.2, 0.25) is 10.0 Å². The van der Waals surface area contributed by atoms with Gasteiger partial charge >= 0.3 is 11.9 Å². The molecule has 230 valence electrons. The summed E-state index contributed by atoms with van der Waals surface area (Å²) in [6.07, 6.45) is 1.31. The van der Waals surface area contributed by atoms with E-state index in [1.165, 1.54) is 31.4 Å². The van der Waals surface area contributed by atoms with Crippen LogP contribution in [0.25, 0.3) is 0 Å². The lowest BCUT2D eigenvalue weighted by molar-refractivity contribution is -0.251. The van der Waals surface area contributed by atoms with Crippen molar-refractivity contribution in [2.75, 3.05) is 39.9 Å². The average molecular weight is 634 g/mol. The zero-order valence-electron chi connectivity index (χ0n) is 24.6. The van der Waals surface area contributed by atoms with E-state index in [0.29, 0.717) is 61.5 Å². The minimum absolute atomic E-state index is 0.0168. The van der Waals surface area contributed by atoms with E-state index in [-0.39, 0.29) is 45.3 Å². The molecule has 0 N–H and O–H groups in total. The van der Waals surface area contributed by atoms with Crippen LogP contribution >= 0.6 is 23.2 Å². The molecule has 0 bridgehead atoms. The van der Waals surface area contributed by atoms with Gasteiger partial charge < -0.3 is 9.64 Å². The molecule has 11 heteroatoms. The molecule has 1 fully saturated rings. The van der Waals surface area contributed by atoms with E-state index in [4.69, 9.17) is 32.8 Å². The monoisotopic (exact) mass is 632 g/mol. The van der Waals surface area contributed by atoms with Crippen LogP contribution in [0, 0.1) is 11.7 Å². The molecule has 2 heterocycles. The third kappa shape index (κ3) is 7.12. The van der Waals surface area contributed by atoms with Crippen LogP contribution in [0.1, 0.15) is 55.5 Å². The Morgan fingerprint density at radius 2 is 1.58 bits per heavy atom. The highest BCUT2D eigenvalue weighted by Gasteiger charge is 2.42. The van der Waals surface area contributed by atoms with Crippen molar-refractivity contribution in [1.29, 1.82) is 0 Å². The molecule has 0 aromatic heterocycles. The average Bonchev–Trinajstić information content (AvgIpc) is 2.99. The molecule has 2 aromatic rings. The van der Waals surface area contributed by atoms with Crippen molar-refractivity contribution in [2.45, 2.75) is 39.5 Å². The van der Waals surface area contributed by atoms with Crippen molar-refractivity contribution in [3.05, 3.63) is 92.0 Å². The first-order valence-electron chi connectivity index (χ1n) is 14.2. The van der Waals surface area contributed by atoms with Crippen molar-refractivity contribution in [1.82, 2.24) is 9.80 Å². The second-order valence-electron chi connectivity index (χ2n) is 10.5. The predicted octanol–water partition coefficient (Wildman–Crippen LogP) is 6.34. The lowest BCUT2D eigenvalue weighted by Gasteiger charge is -2.37. The van der Waals surface area contributed by atoms with Gasteiger partial charge in [-0.2, -0.15) is 4.89 Å². The van der Waals surface area contributed by atoms with Gasteiger partial charge in [-0.05, 0) is 82.6 Å². The lowest BCUT2D eigenvalue weighted by Crippen LogP contribution is -2.39. The molecule has 1 saturated heterocycles. The van der Waals surface area contributed by atoms with Gasteiger partial charge in [0.25, 0.3) is 0 Å². The minimum atomic E-state index is -0.905. The standard InChI is InChI=1S/C32H35Cl2FN2O6/c1-5-37-19(2)26(28(24-7-6-8-25(33)29(24)34)27(20(37)3)32(40)43-41-4)31(39)42-18-17-36-15-13-22(14-16-36)30(38)21-9-11-23(35)12-10-21/h6-12,22,28H,5,13-18H2,1-4H3. The van der Waals surface area contributed by atoms with Gasteiger partial charge in [0.05, 0.1) is 34.2 Å². The van der Waals surface area contributed by atoms with Crippen molar-refractivity contribution in [3.63, 3.8) is 0 Å². The third-order valence-electron chi connectivity index (χ3n) is 8.10. The Morgan fingerprint density at radius 1 is 0.953 bits per heavy atom. The molecule has 2 aromatic carbocycles. The predicted molar refractivity (Wildman–Crippen MR) is 161 cm³/mol. The van der Waals surface area contributed by atoms with Crippen LogP contribution in [0.15, 0.2) is 65.0 Å². The Bertz CT molecular complexity index is 1430. The summed E-state index contributed by atoms with van der Waals surface area (Å²) in [5, 5.41) is 0.492. The summed E-state index contributed by atoms with van der Waals surface area (Å²) in [5.74, 6) is -2.74. The first-order chi connectivity index (χ1) is 20.6. The Balaban J connectivity index is 1.49. The molecular weight excluding hydrogens is 598 g/mol.